The van der Waals surface area contributed by atoms with Crippen LogP contribution in [-0.4, -0.2) is 97.4 Å². The molecular formula is C33H39ClN4O8S. The van der Waals surface area contributed by atoms with Crippen LogP contribution in [0.1, 0.15) is 29.5 Å². The molecule has 0 spiro atoms. The number of benzene rings is 3. The Morgan fingerprint density at radius 1 is 0.936 bits per heavy atom. The zero-order chi connectivity index (χ0) is 34.3. The van der Waals surface area contributed by atoms with Gasteiger partial charge in [-0.1, -0.05) is 23.7 Å². The third kappa shape index (κ3) is 5.86. The molecule has 12 nitrogen and oxygen atoms in total. The van der Waals surface area contributed by atoms with Crippen molar-refractivity contribution >= 4 is 39.3 Å². The Morgan fingerprint density at radius 2 is 1.66 bits per heavy atom. The molecule has 0 radical (unpaired) electrons. The molecule has 2 heterocycles. The molecule has 3 aromatic rings. The van der Waals surface area contributed by atoms with Gasteiger partial charge in [0, 0.05) is 49.4 Å². The van der Waals surface area contributed by atoms with Gasteiger partial charge in [0.15, 0.2) is 11.8 Å². The molecule has 2 atom stereocenters. The zero-order valence-corrected chi connectivity index (χ0v) is 29.0. The average molecular weight is 687 g/mol. The minimum Gasteiger partial charge on any atom is -0.497 e. The second kappa shape index (κ2) is 13.2. The quantitative estimate of drug-likeness (QED) is 0.301. The molecule has 5 rings (SSSR count). The number of methoxy groups -OCH3 is 3. The second-order valence-corrected chi connectivity index (χ2v) is 14.0. The fraction of sp³-hybridized carbons (Fsp3) is 0.394. The third-order valence-corrected chi connectivity index (χ3v) is 10.3. The van der Waals surface area contributed by atoms with Crippen LogP contribution in [0, 0.1) is 0 Å². The Bertz CT molecular complexity index is 1800. The molecule has 14 heteroatoms. The van der Waals surface area contributed by atoms with Crippen LogP contribution in [0.2, 0.25) is 5.02 Å². The zero-order valence-electron chi connectivity index (χ0n) is 27.4. The van der Waals surface area contributed by atoms with Crippen molar-refractivity contribution in [2.24, 2.45) is 0 Å². The summed E-state index contributed by atoms with van der Waals surface area (Å²) >= 11 is 6.61. The van der Waals surface area contributed by atoms with E-state index in [1.54, 1.807) is 31.1 Å². The van der Waals surface area contributed by atoms with Gasteiger partial charge in [0.05, 0.1) is 27.0 Å². The van der Waals surface area contributed by atoms with Crippen molar-refractivity contribution in [1.82, 2.24) is 14.7 Å². The number of anilines is 1. The highest BCUT2D eigenvalue weighted by atomic mass is 35.5. The Hall–Kier alpha value is -4.04. The van der Waals surface area contributed by atoms with Gasteiger partial charge in [0.2, 0.25) is 0 Å². The number of halogens is 1. The van der Waals surface area contributed by atoms with Crippen LogP contribution in [0.3, 0.4) is 0 Å². The maximum Gasteiger partial charge on any atom is 0.410 e. The topological polar surface area (TPSA) is 118 Å². The molecule has 0 saturated carbocycles. The Labute approximate surface area is 280 Å². The normalized spacial score (nSPS) is 19.6. The smallest absolute Gasteiger partial charge is 0.410 e. The van der Waals surface area contributed by atoms with Crippen molar-refractivity contribution < 1.29 is 37.0 Å². The maximum atomic E-state index is 15.4. The Morgan fingerprint density at radius 3 is 2.30 bits per heavy atom. The van der Waals surface area contributed by atoms with Gasteiger partial charge >= 0.3 is 6.09 Å². The van der Waals surface area contributed by atoms with Crippen LogP contribution in [0.4, 0.5) is 10.5 Å². The molecule has 1 saturated heterocycles. The van der Waals surface area contributed by atoms with Crippen molar-refractivity contribution in [3.05, 3.63) is 76.3 Å². The summed E-state index contributed by atoms with van der Waals surface area (Å²) in [7, 11) is 6.67. The highest BCUT2D eigenvalue weighted by molar-refractivity contribution is 7.93. The number of fused-ring (bicyclic) bond motifs is 1. The number of sulfonamides is 1. The van der Waals surface area contributed by atoms with E-state index in [1.807, 2.05) is 31.1 Å². The highest BCUT2D eigenvalue weighted by Crippen LogP contribution is 2.55. The first-order valence-electron chi connectivity index (χ1n) is 14.9. The van der Waals surface area contributed by atoms with Crippen LogP contribution in [0.5, 0.6) is 17.2 Å². The van der Waals surface area contributed by atoms with E-state index < -0.39 is 33.8 Å². The largest absolute Gasteiger partial charge is 0.497 e. The van der Waals surface area contributed by atoms with Gasteiger partial charge in [0.25, 0.3) is 15.9 Å². The summed E-state index contributed by atoms with van der Waals surface area (Å²) in [5.74, 6) is -0.0800. The molecule has 0 aromatic heterocycles. The standard InChI is InChI=1S/C33H39ClN4O8S/c1-35(2)20-21-10-13-24(27(17-21)44-6)33(37-16-8-9-30(37)46-32(40)36(3)4)25-18-22(34)11-14-26(25)38(31(33)39)47(41,42)29-15-12-23(43-5)19-28(29)45-7/h10-15,17-19,30H,8-9,16,20H2,1-7H3/t30-,33?/m0/s1. The number of hydrogen-bond donors (Lipinski definition) is 0. The molecule has 1 unspecified atom stereocenters. The molecular weight excluding hydrogens is 648 g/mol. The summed E-state index contributed by atoms with van der Waals surface area (Å²) in [6.45, 7) is 0.885. The molecule has 0 N–H and O–H groups in total. The second-order valence-electron chi connectivity index (χ2n) is 11.8. The summed E-state index contributed by atoms with van der Waals surface area (Å²) in [6.07, 6.45) is -0.513. The summed E-state index contributed by atoms with van der Waals surface area (Å²) in [6, 6.07) is 14.4. The van der Waals surface area contributed by atoms with E-state index in [2.05, 4.69) is 0 Å². The van der Waals surface area contributed by atoms with Crippen molar-refractivity contribution in [2.45, 2.75) is 36.0 Å². The first kappa shape index (κ1) is 34.3. The van der Waals surface area contributed by atoms with Gasteiger partial charge in [-0.2, -0.15) is 0 Å². The predicted molar refractivity (Wildman–Crippen MR) is 177 cm³/mol. The van der Waals surface area contributed by atoms with Gasteiger partial charge in [0.1, 0.15) is 22.1 Å². The predicted octanol–water partition coefficient (Wildman–Crippen LogP) is 4.53. The number of hydrogen-bond acceptors (Lipinski definition) is 10. The fourth-order valence-corrected chi connectivity index (χ4v) is 8.10. The Balaban J connectivity index is 1.83. The molecule has 0 bridgehead atoms. The lowest BCUT2D eigenvalue weighted by atomic mass is 9.81. The summed E-state index contributed by atoms with van der Waals surface area (Å²) in [4.78, 5) is 33.1. The number of ether oxygens (including phenoxy) is 4. The first-order chi connectivity index (χ1) is 22.3. The molecule has 2 amide bonds. The number of amides is 2. The van der Waals surface area contributed by atoms with Gasteiger partial charge in [-0.25, -0.2) is 22.4 Å². The lowest BCUT2D eigenvalue weighted by molar-refractivity contribution is -0.132. The third-order valence-electron chi connectivity index (χ3n) is 8.34. The first-order valence-corrected chi connectivity index (χ1v) is 16.7. The van der Waals surface area contributed by atoms with Crippen LogP contribution in [-0.2, 0) is 31.6 Å². The summed E-state index contributed by atoms with van der Waals surface area (Å²) in [5, 5.41) is 0.284. The molecule has 252 valence electrons. The van der Waals surface area contributed by atoms with E-state index in [-0.39, 0.29) is 21.4 Å². The molecule has 0 aliphatic carbocycles. The monoisotopic (exact) mass is 686 g/mol. The van der Waals surface area contributed by atoms with Crippen LogP contribution < -0.4 is 18.5 Å². The molecule has 2 aliphatic heterocycles. The number of carbonyl (C=O) groups excluding carboxylic acids is 2. The number of rotatable bonds is 10. The summed E-state index contributed by atoms with van der Waals surface area (Å²) in [5.41, 5.74) is -0.142. The minimum absolute atomic E-state index is 0.00487. The molecule has 47 heavy (non-hydrogen) atoms. The van der Waals surface area contributed by atoms with Crippen molar-refractivity contribution in [3.8, 4) is 17.2 Å². The van der Waals surface area contributed by atoms with Crippen LogP contribution in [0.25, 0.3) is 0 Å². The highest BCUT2D eigenvalue weighted by Gasteiger charge is 2.63. The maximum absolute atomic E-state index is 15.4. The molecule has 2 aliphatic rings. The van der Waals surface area contributed by atoms with Crippen molar-refractivity contribution in [2.75, 3.05) is 60.4 Å². The van der Waals surface area contributed by atoms with Gasteiger partial charge in [-0.15, -0.1) is 0 Å². The minimum atomic E-state index is -4.62. The SMILES string of the molecule is COc1ccc(S(=O)(=O)N2C(=O)C(c3ccc(CN(C)C)cc3OC)(N3CCC[C@@H]3OC(=O)N(C)C)c3cc(Cl)ccc32)c(OC)c1. The van der Waals surface area contributed by atoms with Crippen LogP contribution in [0.15, 0.2) is 59.5 Å². The summed E-state index contributed by atoms with van der Waals surface area (Å²) < 4.78 is 52.8. The van der Waals surface area contributed by atoms with E-state index in [0.717, 1.165) is 9.87 Å². The number of likely N-dealkylation sites (tertiary alicyclic amines) is 1. The van der Waals surface area contributed by atoms with Crippen molar-refractivity contribution in [3.63, 3.8) is 0 Å². The van der Waals surface area contributed by atoms with Gasteiger partial charge < -0.3 is 28.7 Å². The Kier molecular flexibility index (Phi) is 9.65. The lowest BCUT2D eigenvalue weighted by Gasteiger charge is -2.41. The van der Waals surface area contributed by atoms with E-state index >= 15 is 4.79 Å². The van der Waals surface area contributed by atoms with Gasteiger partial charge in [-0.05, 0) is 68.9 Å². The average Bonchev–Trinajstić information content (AvgIpc) is 3.59. The van der Waals surface area contributed by atoms with Crippen molar-refractivity contribution in [1.29, 1.82) is 0 Å². The number of carbonyl (C=O) groups is 2. The van der Waals surface area contributed by atoms with E-state index in [9.17, 15) is 13.2 Å². The van der Waals surface area contributed by atoms with Crippen LogP contribution >= 0.6 is 11.6 Å². The molecule has 3 aromatic carbocycles. The molecule has 1 fully saturated rings. The van der Waals surface area contributed by atoms with Gasteiger partial charge in [-0.3, -0.25) is 4.79 Å². The fourth-order valence-electron chi connectivity index (χ4n) is 6.33. The van der Waals surface area contributed by atoms with E-state index in [0.29, 0.717) is 48.6 Å². The van der Waals surface area contributed by atoms with E-state index in [4.69, 9.17) is 30.5 Å². The van der Waals surface area contributed by atoms with E-state index in [1.165, 1.54) is 56.6 Å². The lowest BCUT2D eigenvalue weighted by Crippen LogP contribution is -2.57. The number of nitrogens with zero attached hydrogens (tertiary/aromatic N) is 4.